The lowest BCUT2D eigenvalue weighted by Crippen LogP contribution is -2.34. The molecular formula is C28H29N3O2. The molecule has 0 atom stereocenters. The first-order valence-electron chi connectivity index (χ1n) is 11.1. The molecule has 0 spiro atoms. The number of para-hydroxylation sites is 2. The minimum atomic E-state index is -0.174. The fourth-order valence-corrected chi connectivity index (χ4v) is 3.86. The number of nitrogens with zero attached hydrogens (tertiary/aromatic N) is 2. The number of hydrogen-bond donors (Lipinski definition) is 1. The summed E-state index contributed by atoms with van der Waals surface area (Å²) in [7, 11) is 1.60. The highest BCUT2D eigenvalue weighted by molar-refractivity contribution is 5.91. The number of aryl methyl sites for hydroxylation is 1. The highest BCUT2D eigenvalue weighted by Crippen LogP contribution is 2.24. The zero-order valence-electron chi connectivity index (χ0n) is 19.1. The Morgan fingerprint density at radius 1 is 0.879 bits per heavy atom. The van der Waals surface area contributed by atoms with Crippen LogP contribution in [-0.2, 0) is 19.6 Å². The lowest BCUT2D eigenvalue weighted by molar-refractivity contribution is 0.205. The lowest BCUT2D eigenvalue weighted by atomic mass is 10.1. The van der Waals surface area contributed by atoms with Gasteiger partial charge in [-0.2, -0.15) is 0 Å². The molecule has 4 rings (SSSR count). The van der Waals surface area contributed by atoms with Gasteiger partial charge in [0.1, 0.15) is 5.75 Å². The standard InChI is InChI=1S/C28H29N3O2/c1-22-11-6-7-14-24(22)20-30-18-10-15-25(30)21-31(19-23-12-4-3-5-13-23)28(32)29-26-16-8-9-17-27(26)33-2/h3-18H,19-21H2,1-2H3,(H,29,32). The smallest absolute Gasteiger partial charge is 0.322 e. The monoisotopic (exact) mass is 439 g/mol. The summed E-state index contributed by atoms with van der Waals surface area (Å²) in [6.45, 7) is 3.87. The van der Waals surface area contributed by atoms with E-state index in [0.717, 1.165) is 17.8 Å². The summed E-state index contributed by atoms with van der Waals surface area (Å²) in [5.41, 5.74) is 5.32. The van der Waals surface area contributed by atoms with Gasteiger partial charge in [0, 0.05) is 25.0 Å². The highest BCUT2D eigenvalue weighted by Gasteiger charge is 2.18. The van der Waals surface area contributed by atoms with Crippen molar-refractivity contribution in [2.45, 2.75) is 26.6 Å². The van der Waals surface area contributed by atoms with Crippen LogP contribution in [0, 0.1) is 6.92 Å². The molecule has 0 aliphatic carbocycles. The van der Waals surface area contributed by atoms with Crippen molar-refractivity contribution in [3.63, 3.8) is 0 Å². The molecule has 5 heteroatoms. The van der Waals surface area contributed by atoms with Crippen LogP contribution in [0.5, 0.6) is 5.75 Å². The SMILES string of the molecule is COc1ccccc1NC(=O)N(Cc1ccccc1)Cc1cccn1Cc1ccccc1C. The van der Waals surface area contributed by atoms with Gasteiger partial charge in [-0.1, -0.05) is 66.7 Å². The van der Waals surface area contributed by atoms with Crippen molar-refractivity contribution in [3.8, 4) is 5.75 Å². The maximum absolute atomic E-state index is 13.4. The summed E-state index contributed by atoms with van der Waals surface area (Å²) in [4.78, 5) is 15.2. The Hall–Kier alpha value is -3.99. The first kappa shape index (κ1) is 22.2. The molecule has 33 heavy (non-hydrogen) atoms. The van der Waals surface area contributed by atoms with E-state index >= 15 is 0 Å². The third-order valence-electron chi connectivity index (χ3n) is 5.73. The maximum Gasteiger partial charge on any atom is 0.322 e. The minimum Gasteiger partial charge on any atom is -0.495 e. The molecule has 0 bridgehead atoms. The summed E-state index contributed by atoms with van der Waals surface area (Å²) in [5.74, 6) is 0.633. The van der Waals surface area contributed by atoms with Gasteiger partial charge in [-0.3, -0.25) is 0 Å². The van der Waals surface area contributed by atoms with Crippen molar-refractivity contribution in [2.75, 3.05) is 12.4 Å². The molecule has 2 amide bonds. The van der Waals surface area contributed by atoms with Crippen LogP contribution in [0.3, 0.4) is 0 Å². The van der Waals surface area contributed by atoms with Gasteiger partial charge in [-0.05, 0) is 47.9 Å². The molecule has 1 aromatic heterocycles. The number of urea groups is 1. The van der Waals surface area contributed by atoms with Gasteiger partial charge in [0.2, 0.25) is 0 Å². The first-order valence-corrected chi connectivity index (χ1v) is 11.1. The maximum atomic E-state index is 13.4. The van der Waals surface area contributed by atoms with Crippen LogP contribution >= 0.6 is 0 Å². The average Bonchev–Trinajstić information content (AvgIpc) is 3.27. The third-order valence-corrected chi connectivity index (χ3v) is 5.73. The molecule has 4 aromatic rings. The van der Waals surface area contributed by atoms with Gasteiger partial charge in [0.15, 0.2) is 0 Å². The van der Waals surface area contributed by atoms with Crippen LogP contribution in [0.1, 0.15) is 22.4 Å². The van der Waals surface area contributed by atoms with Gasteiger partial charge < -0.3 is 19.5 Å². The Bertz CT molecular complexity index is 1200. The number of methoxy groups -OCH3 is 1. The molecule has 1 heterocycles. The molecule has 168 valence electrons. The summed E-state index contributed by atoms with van der Waals surface area (Å²) in [6, 6.07) is 29.8. The van der Waals surface area contributed by atoms with Crippen molar-refractivity contribution in [3.05, 3.63) is 120 Å². The number of ether oxygens (including phenoxy) is 1. The topological polar surface area (TPSA) is 46.5 Å². The van der Waals surface area contributed by atoms with E-state index in [1.54, 1.807) is 7.11 Å². The predicted octanol–water partition coefficient (Wildman–Crippen LogP) is 6.09. The number of rotatable bonds is 8. The van der Waals surface area contributed by atoms with Gasteiger partial charge in [-0.25, -0.2) is 4.79 Å². The van der Waals surface area contributed by atoms with Gasteiger partial charge in [0.25, 0.3) is 0 Å². The molecule has 0 unspecified atom stereocenters. The van der Waals surface area contributed by atoms with Crippen molar-refractivity contribution >= 4 is 11.7 Å². The number of benzene rings is 3. The normalized spacial score (nSPS) is 10.6. The van der Waals surface area contributed by atoms with E-state index in [0.29, 0.717) is 24.5 Å². The number of aromatic nitrogens is 1. The van der Waals surface area contributed by atoms with Crippen LogP contribution in [0.4, 0.5) is 10.5 Å². The minimum absolute atomic E-state index is 0.174. The molecular weight excluding hydrogens is 410 g/mol. The molecule has 1 N–H and O–H groups in total. The summed E-state index contributed by atoms with van der Waals surface area (Å²) >= 11 is 0. The Kier molecular flexibility index (Phi) is 7.10. The molecule has 0 saturated carbocycles. The summed E-state index contributed by atoms with van der Waals surface area (Å²) < 4.78 is 7.61. The largest absolute Gasteiger partial charge is 0.495 e. The second kappa shape index (κ2) is 10.6. The first-order chi connectivity index (χ1) is 16.1. The Morgan fingerprint density at radius 3 is 2.39 bits per heavy atom. The van der Waals surface area contributed by atoms with Crippen molar-refractivity contribution < 1.29 is 9.53 Å². The van der Waals surface area contributed by atoms with Crippen LogP contribution in [0.2, 0.25) is 0 Å². The highest BCUT2D eigenvalue weighted by atomic mass is 16.5. The van der Waals surface area contributed by atoms with Crippen molar-refractivity contribution in [1.82, 2.24) is 9.47 Å². The number of hydrogen-bond acceptors (Lipinski definition) is 2. The van der Waals surface area contributed by atoms with Gasteiger partial charge >= 0.3 is 6.03 Å². The van der Waals surface area contributed by atoms with Crippen LogP contribution < -0.4 is 10.1 Å². The molecule has 0 aliphatic rings. The Labute approximate surface area is 195 Å². The van der Waals surface area contributed by atoms with Crippen molar-refractivity contribution in [1.29, 1.82) is 0 Å². The second-order valence-corrected chi connectivity index (χ2v) is 8.03. The molecule has 3 aromatic carbocycles. The van der Waals surface area contributed by atoms with E-state index in [2.05, 4.69) is 53.3 Å². The predicted molar refractivity (Wildman–Crippen MR) is 132 cm³/mol. The van der Waals surface area contributed by atoms with Gasteiger partial charge in [-0.15, -0.1) is 0 Å². The lowest BCUT2D eigenvalue weighted by Gasteiger charge is -2.25. The fraction of sp³-hybridized carbons (Fsp3) is 0.179. The number of amides is 2. The average molecular weight is 440 g/mol. The zero-order chi connectivity index (χ0) is 23.0. The number of carbonyl (C=O) groups excluding carboxylic acids is 1. The van der Waals surface area contributed by atoms with E-state index < -0.39 is 0 Å². The number of anilines is 1. The molecule has 0 saturated heterocycles. The van der Waals surface area contributed by atoms with Crippen LogP contribution in [0.15, 0.2) is 97.2 Å². The van der Waals surface area contributed by atoms with Crippen LogP contribution in [-0.4, -0.2) is 22.6 Å². The van der Waals surface area contributed by atoms with Crippen molar-refractivity contribution in [2.24, 2.45) is 0 Å². The van der Waals surface area contributed by atoms with E-state index in [1.165, 1.54) is 11.1 Å². The van der Waals surface area contributed by atoms with E-state index in [4.69, 9.17) is 4.74 Å². The Balaban J connectivity index is 1.57. The summed E-state index contributed by atoms with van der Waals surface area (Å²) in [6.07, 6.45) is 2.07. The summed E-state index contributed by atoms with van der Waals surface area (Å²) in [5, 5.41) is 3.03. The molecule has 5 nitrogen and oxygen atoms in total. The van der Waals surface area contributed by atoms with E-state index in [-0.39, 0.29) is 6.03 Å². The zero-order valence-corrected chi connectivity index (χ0v) is 19.1. The third kappa shape index (κ3) is 5.63. The molecule has 0 aliphatic heterocycles. The molecule has 0 fully saturated rings. The van der Waals surface area contributed by atoms with Gasteiger partial charge in [0.05, 0.1) is 19.3 Å². The van der Waals surface area contributed by atoms with E-state index in [9.17, 15) is 4.79 Å². The Morgan fingerprint density at radius 2 is 1.61 bits per heavy atom. The van der Waals surface area contributed by atoms with E-state index in [1.807, 2.05) is 65.6 Å². The number of carbonyl (C=O) groups is 1. The van der Waals surface area contributed by atoms with Crippen LogP contribution in [0.25, 0.3) is 0 Å². The second-order valence-electron chi connectivity index (χ2n) is 8.03. The quantitative estimate of drug-likeness (QED) is 0.361. The fourth-order valence-electron chi connectivity index (χ4n) is 3.86. The number of nitrogens with one attached hydrogen (secondary N) is 1. The molecule has 0 radical (unpaired) electrons.